The van der Waals surface area contributed by atoms with Crippen LogP contribution in [-0.2, 0) is 6.18 Å². The van der Waals surface area contributed by atoms with Gasteiger partial charge in [-0.1, -0.05) is 23.5 Å². The molecule has 1 rings (SSSR count). The van der Waals surface area contributed by atoms with Crippen LogP contribution in [0.15, 0.2) is 24.3 Å². The molecular formula is C10H11F4N. The second-order valence-corrected chi connectivity index (χ2v) is 3.10. The standard InChI is InChI=1S/C10H11F4N/c1-2-7-15(14)9-6-4-3-5-8(9)10(11,12)13/h3-6H,2,7H2,1H3. The summed E-state index contributed by atoms with van der Waals surface area (Å²) in [6, 6.07) is 4.62. The molecule has 1 nitrogen and oxygen atoms in total. The molecule has 0 heterocycles. The number of anilines is 1. The van der Waals surface area contributed by atoms with Gasteiger partial charge in [0.2, 0.25) is 0 Å². The van der Waals surface area contributed by atoms with Gasteiger partial charge in [0.15, 0.2) is 0 Å². The minimum absolute atomic E-state index is 0.0485. The number of alkyl halides is 3. The van der Waals surface area contributed by atoms with Crippen molar-refractivity contribution in [3.05, 3.63) is 29.8 Å². The van der Waals surface area contributed by atoms with Crippen molar-refractivity contribution in [2.24, 2.45) is 0 Å². The zero-order valence-electron chi connectivity index (χ0n) is 8.18. The maximum Gasteiger partial charge on any atom is 0.418 e. The number of rotatable bonds is 3. The lowest BCUT2D eigenvalue weighted by Gasteiger charge is -2.18. The van der Waals surface area contributed by atoms with Gasteiger partial charge in [0.25, 0.3) is 0 Å². The molecule has 0 aliphatic carbocycles. The van der Waals surface area contributed by atoms with Crippen molar-refractivity contribution < 1.29 is 17.7 Å². The Morgan fingerprint density at radius 1 is 1.20 bits per heavy atom. The van der Waals surface area contributed by atoms with E-state index in [1.54, 1.807) is 6.92 Å². The predicted octanol–water partition coefficient (Wildman–Crippen LogP) is 3.81. The van der Waals surface area contributed by atoms with Crippen LogP contribution in [0.4, 0.5) is 23.3 Å². The maximum atomic E-state index is 13.3. The topological polar surface area (TPSA) is 3.24 Å². The van der Waals surface area contributed by atoms with Crippen LogP contribution < -0.4 is 5.12 Å². The highest BCUT2D eigenvalue weighted by Crippen LogP contribution is 2.36. The Balaban J connectivity index is 3.06. The lowest BCUT2D eigenvalue weighted by atomic mass is 10.1. The minimum atomic E-state index is -4.52. The second-order valence-electron chi connectivity index (χ2n) is 3.10. The van der Waals surface area contributed by atoms with Crippen LogP contribution >= 0.6 is 0 Å². The number of hydrogen-bond donors (Lipinski definition) is 0. The van der Waals surface area contributed by atoms with E-state index in [4.69, 9.17) is 0 Å². The Bertz CT molecular complexity index is 321. The zero-order chi connectivity index (χ0) is 11.5. The number of benzene rings is 1. The molecule has 0 spiro atoms. The Morgan fingerprint density at radius 3 is 2.33 bits per heavy atom. The minimum Gasteiger partial charge on any atom is -0.211 e. The fourth-order valence-corrected chi connectivity index (χ4v) is 1.24. The first-order chi connectivity index (χ1) is 6.96. The van der Waals surface area contributed by atoms with Gasteiger partial charge in [-0.3, -0.25) is 0 Å². The van der Waals surface area contributed by atoms with E-state index in [1.807, 2.05) is 0 Å². The molecule has 0 N–H and O–H groups in total. The van der Waals surface area contributed by atoms with E-state index in [-0.39, 0.29) is 11.7 Å². The van der Waals surface area contributed by atoms with Crippen molar-refractivity contribution in [3.8, 4) is 0 Å². The van der Waals surface area contributed by atoms with Gasteiger partial charge in [0.05, 0.1) is 17.8 Å². The fourth-order valence-electron chi connectivity index (χ4n) is 1.24. The van der Waals surface area contributed by atoms with Gasteiger partial charge >= 0.3 is 6.18 Å². The molecule has 0 aromatic heterocycles. The highest BCUT2D eigenvalue weighted by atomic mass is 19.4. The van der Waals surface area contributed by atoms with E-state index in [0.717, 1.165) is 12.1 Å². The first kappa shape index (κ1) is 11.8. The van der Waals surface area contributed by atoms with Gasteiger partial charge < -0.3 is 0 Å². The molecule has 0 bridgehead atoms. The van der Waals surface area contributed by atoms with Crippen molar-refractivity contribution in [2.45, 2.75) is 19.5 Å². The molecule has 0 aliphatic heterocycles. The average Bonchev–Trinajstić information content (AvgIpc) is 2.17. The summed E-state index contributed by atoms with van der Waals surface area (Å²) in [6.07, 6.45) is -4.07. The molecule has 0 atom stereocenters. The van der Waals surface area contributed by atoms with Crippen LogP contribution in [0, 0.1) is 0 Å². The summed E-state index contributed by atoms with van der Waals surface area (Å²) in [5.74, 6) is 0. The molecule has 1 aromatic rings. The third-order valence-corrected chi connectivity index (χ3v) is 1.89. The summed E-state index contributed by atoms with van der Waals surface area (Å²) >= 11 is 0. The number of para-hydroxylation sites is 1. The molecular weight excluding hydrogens is 210 g/mol. The lowest BCUT2D eigenvalue weighted by Crippen LogP contribution is -2.18. The van der Waals surface area contributed by atoms with Crippen LogP contribution in [0.5, 0.6) is 0 Å². The molecule has 0 amide bonds. The summed E-state index contributed by atoms with van der Waals surface area (Å²) in [5, 5.41) is 0.128. The van der Waals surface area contributed by atoms with E-state index < -0.39 is 17.4 Å². The monoisotopic (exact) mass is 221 g/mol. The van der Waals surface area contributed by atoms with Crippen LogP contribution in [0.3, 0.4) is 0 Å². The van der Waals surface area contributed by atoms with Gasteiger partial charge in [-0.2, -0.15) is 13.2 Å². The molecule has 84 valence electrons. The van der Waals surface area contributed by atoms with Gasteiger partial charge in [-0.15, -0.1) is 0 Å². The maximum absolute atomic E-state index is 13.3. The van der Waals surface area contributed by atoms with E-state index in [1.165, 1.54) is 12.1 Å². The Labute approximate surface area is 85.2 Å². The van der Waals surface area contributed by atoms with Crippen molar-refractivity contribution in [1.29, 1.82) is 0 Å². The molecule has 0 unspecified atom stereocenters. The smallest absolute Gasteiger partial charge is 0.211 e. The zero-order valence-corrected chi connectivity index (χ0v) is 8.18. The van der Waals surface area contributed by atoms with Crippen LogP contribution in [0.25, 0.3) is 0 Å². The highest BCUT2D eigenvalue weighted by molar-refractivity contribution is 5.52. The average molecular weight is 221 g/mol. The van der Waals surface area contributed by atoms with Gasteiger partial charge in [-0.05, 0) is 18.6 Å². The Kier molecular flexibility index (Phi) is 3.55. The normalized spacial score (nSPS) is 11.5. The summed E-state index contributed by atoms with van der Waals surface area (Å²) in [5.41, 5.74) is -1.37. The van der Waals surface area contributed by atoms with E-state index in [9.17, 15) is 17.7 Å². The largest absolute Gasteiger partial charge is 0.418 e. The van der Waals surface area contributed by atoms with Crippen LogP contribution in [0.2, 0.25) is 0 Å². The van der Waals surface area contributed by atoms with Crippen LogP contribution in [0.1, 0.15) is 18.9 Å². The molecule has 0 fully saturated rings. The number of nitrogens with zero attached hydrogens (tertiary/aromatic N) is 1. The SMILES string of the molecule is CCCN(F)c1ccccc1C(F)(F)F. The predicted molar refractivity (Wildman–Crippen MR) is 50.2 cm³/mol. The third kappa shape index (κ3) is 2.84. The molecule has 5 heteroatoms. The summed E-state index contributed by atoms with van der Waals surface area (Å²) in [4.78, 5) is 0. The van der Waals surface area contributed by atoms with Gasteiger partial charge in [0.1, 0.15) is 0 Å². The fraction of sp³-hybridized carbons (Fsp3) is 0.400. The summed E-state index contributed by atoms with van der Waals surface area (Å²) < 4.78 is 50.6. The second kappa shape index (κ2) is 4.51. The number of halogens is 4. The highest BCUT2D eigenvalue weighted by Gasteiger charge is 2.34. The molecule has 0 aliphatic rings. The van der Waals surface area contributed by atoms with Gasteiger partial charge in [-0.25, -0.2) is 5.12 Å². The third-order valence-electron chi connectivity index (χ3n) is 1.89. The van der Waals surface area contributed by atoms with Crippen molar-refractivity contribution >= 4 is 5.69 Å². The van der Waals surface area contributed by atoms with Gasteiger partial charge in [0, 0.05) is 0 Å². The van der Waals surface area contributed by atoms with E-state index in [2.05, 4.69) is 0 Å². The number of hydrogen-bond acceptors (Lipinski definition) is 1. The molecule has 1 aromatic carbocycles. The quantitative estimate of drug-likeness (QED) is 0.554. The Morgan fingerprint density at radius 2 is 1.80 bits per heavy atom. The van der Waals surface area contributed by atoms with Crippen LogP contribution in [-0.4, -0.2) is 6.54 Å². The van der Waals surface area contributed by atoms with E-state index in [0.29, 0.717) is 6.42 Å². The van der Waals surface area contributed by atoms with E-state index >= 15 is 0 Å². The Hall–Kier alpha value is -1.26. The molecule has 0 radical (unpaired) electrons. The summed E-state index contributed by atoms with van der Waals surface area (Å²) in [7, 11) is 0. The first-order valence-electron chi connectivity index (χ1n) is 4.56. The molecule has 0 saturated heterocycles. The molecule has 15 heavy (non-hydrogen) atoms. The van der Waals surface area contributed by atoms with Crippen molar-refractivity contribution in [1.82, 2.24) is 0 Å². The first-order valence-corrected chi connectivity index (χ1v) is 4.56. The lowest BCUT2D eigenvalue weighted by molar-refractivity contribution is -0.137. The molecule has 0 saturated carbocycles. The van der Waals surface area contributed by atoms with Crippen molar-refractivity contribution in [3.63, 3.8) is 0 Å². The summed E-state index contributed by atoms with van der Waals surface area (Å²) in [6.45, 7) is 1.65. The van der Waals surface area contributed by atoms with Crippen molar-refractivity contribution in [2.75, 3.05) is 11.7 Å².